The predicted molar refractivity (Wildman–Crippen MR) is 300 cm³/mol. The van der Waals surface area contributed by atoms with Crippen LogP contribution in [0, 0.1) is 24.8 Å². The molecule has 0 saturated carbocycles. The first-order chi connectivity index (χ1) is 34.6. The van der Waals surface area contributed by atoms with Crippen LogP contribution in [0.5, 0.6) is 0 Å². The van der Waals surface area contributed by atoms with Crippen LogP contribution in [0.25, 0.3) is 143 Å². The van der Waals surface area contributed by atoms with Crippen molar-refractivity contribution in [2.24, 2.45) is 0 Å². The molecule has 15 aromatic rings. The number of aryl methyl sites for hydroxylation is 1. The van der Waals surface area contributed by atoms with Gasteiger partial charge in [-0.25, -0.2) is 4.85 Å². The van der Waals surface area contributed by atoms with Crippen molar-refractivity contribution in [1.29, 1.82) is 5.26 Å². The molecule has 0 saturated heterocycles. The minimum Gasteiger partial charge on any atom is -0.316 e. The Morgan fingerprint density at radius 3 is 1.40 bits per heavy atom. The highest BCUT2D eigenvalue weighted by atomic mass is 32.1. The molecule has 324 valence electrons. The van der Waals surface area contributed by atoms with E-state index in [-0.39, 0.29) is 0 Å². The molecular formula is C63H34N4S3. The summed E-state index contributed by atoms with van der Waals surface area (Å²) in [6.45, 7) is 11.7. The van der Waals surface area contributed by atoms with Gasteiger partial charge in [0.05, 0.1) is 59.7 Å². The molecule has 0 spiro atoms. The lowest BCUT2D eigenvalue weighted by atomic mass is 9.87. The Kier molecular flexibility index (Phi) is 8.29. The van der Waals surface area contributed by atoms with E-state index >= 15 is 0 Å². The summed E-state index contributed by atoms with van der Waals surface area (Å²) >= 11 is 5.42. The second-order valence-electron chi connectivity index (χ2n) is 18.1. The lowest BCUT2D eigenvalue weighted by molar-refractivity contribution is 1.14. The molecule has 0 N–H and O–H groups in total. The zero-order valence-electron chi connectivity index (χ0n) is 37.4. The summed E-state index contributed by atoms with van der Waals surface area (Å²) in [6.07, 6.45) is 0. The highest BCUT2D eigenvalue weighted by molar-refractivity contribution is 7.27. The maximum atomic E-state index is 12.2. The van der Waals surface area contributed by atoms with Crippen molar-refractivity contribution in [3.8, 4) is 39.7 Å². The van der Waals surface area contributed by atoms with Gasteiger partial charge in [-0.05, 0) is 47.9 Å². The van der Waals surface area contributed by atoms with Crippen molar-refractivity contribution < 1.29 is 0 Å². The Hall–Kier alpha value is -8.56. The Balaban J connectivity index is 1.28. The molecule has 7 heteroatoms. The van der Waals surface area contributed by atoms with Gasteiger partial charge in [0.1, 0.15) is 6.07 Å². The number of benzene rings is 10. The number of para-hydroxylation sites is 1. The quantitative estimate of drug-likeness (QED) is 0.162. The van der Waals surface area contributed by atoms with E-state index < -0.39 is 0 Å². The Morgan fingerprint density at radius 2 is 0.871 bits per heavy atom. The van der Waals surface area contributed by atoms with E-state index in [1.165, 1.54) is 46.4 Å². The largest absolute Gasteiger partial charge is 0.316 e. The van der Waals surface area contributed by atoms with Crippen molar-refractivity contribution in [2.75, 3.05) is 0 Å². The van der Waals surface area contributed by atoms with E-state index in [2.05, 4.69) is 198 Å². The van der Waals surface area contributed by atoms with Gasteiger partial charge in [0, 0.05) is 79.1 Å². The van der Waals surface area contributed by atoms with Gasteiger partial charge in [-0.15, -0.1) is 34.0 Å². The van der Waals surface area contributed by atoms with Crippen LogP contribution < -0.4 is 0 Å². The average molecular weight is 943 g/mol. The van der Waals surface area contributed by atoms with Crippen LogP contribution in [0.1, 0.15) is 11.1 Å². The summed E-state index contributed by atoms with van der Waals surface area (Å²) in [5.41, 5.74) is 10.8. The van der Waals surface area contributed by atoms with Crippen LogP contribution >= 0.6 is 34.0 Å². The van der Waals surface area contributed by atoms with Gasteiger partial charge >= 0.3 is 0 Å². The highest BCUT2D eigenvalue weighted by Crippen LogP contribution is 2.56. The van der Waals surface area contributed by atoms with E-state index in [0.29, 0.717) is 16.8 Å². The number of hydrogen-bond acceptors (Lipinski definition) is 4. The standard InChI is InChI=1S/C63H34N4S3/c1-35-16-6-7-19-37(35)54-48(34-64)56(66-49-24-12-8-20-38(49)42-28-31-45-39-21-9-13-25-50(39)68-61(45)57(42)66)53(36-17-4-3-5-18-36)60(55(54)65-2)67-58-43(29-32-46-40-22-10-14-26-51(40)69-62(46)58)44-30-33-47-41-23-11-15-27-52(41)70-63(47)59(44)67/h3-33H,1H3. The summed E-state index contributed by atoms with van der Waals surface area (Å²) in [6, 6.07) is 70.0. The first kappa shape index (κ1) is 39.4. The van der Waals surface area contributed by atoms with Crippen molar-refractivity contribution in [2.45, 2.75) is 6.92 Å². The molecule has 5 heterocycles. The van der Waals surface area contributed by atoms with E-state index in [4.69, 9.17) is 4.85 Å². The first-order valence-corrected chi connectivity index (χ1v) is 25.7. The number of rotatable bonds is 4. The summed E-state index contributed by atoms with van der Waals surface area (Å²) in [4.78, 5) is 4.70. The van der Waals surface area contributed by atoms with E-state index in [9.17, 15) is 11.8 Å². The van der Waals surface area contributed by atoms with Gasteiger partial charge in [-0.2, -0.15) is 5.26 Å². The van der Waals surface area contributed by atoms with Crippen molar-refractivity contribution in [3.05, 3.63) is 211 Å². The zero-order chi connectivity index (χ0) is 46.4. The number of aromatic nitrogens is 2. The number of nitrogens with zero attached hydrogens (tertiary/aromatic N) is 4. The number of fused-ring (bicyclic) bond motifs is 18. The van der Waals surface area contributed by atoms with Gasteiger partial charge in [-0.1, -0.05) is 164 Å². The van der Waals surface area contributed by atoms with Crippen LogP contribution in [0.15, 0.2) is 188 Å². The molecule has 5 aromatic heterocycles. The summed E-state index contributed by atoms with van der Waals surface area (Å²) in [7, 11) is 0. The Bertz CT molecular complexity index is 4740. The lowest BCUT2D eigenvalue weighted by Crippen LogP contribution is -2.09. The smallest absolute Gasteiger partial charge is 0.220 e. The number of nitriles is 1. The maximum Gasteiger partial charge on any atom is 0.220 e. The molecule has 0 bridgehead atoms. The summed E-state index contributed by atoms with van der Waals surface area (Å²) < 4.78 is 12.0. The predicted octanol–water partition coefficient (Wildman–Crippen LogP) is 19.0. The Morgan fingerprint density at radius 1 is 0.429 bits per heavy atom. The van der Waals surface area contributed by atoms with Crippen LogP contribution in [0.4, 0.5) is 5.69 Å². The van der Waals surface area contributed by atoms with Crippen LogP contribution in [-0.4, -0.2) is 9.13 Å². The highest BCUT2D eigenvalue weighted by Gasteiger charge is 2.34. The molecule has 0 fully saturated rings. The molecule has 0 amide bonds. The minimum absolute atomic E-state index is 0.441. The molecule has 0 atom stereocenters. The van der Waals surface area contributed by atoms with Crippen LogP contribution in [-0.2, 0) is 0 Å². The third-order valence-corrected chi connectivity index (χ3v) is 18.1. The molecule has 15 rings (SSSR count). The minimum atomic E-state index is 0.441. The van der Waals surface area contributed by atoms with Gasteiger partial charge in [0.2, 0.25) is 5.69 Å². The average Bonchev–Trinajstić information content (AvgIpc) is 4.23. The summed E-state index contributed by atoms with van der Waals surface area (Å²) in [5.74, 6) is 0. The molecule has 0 aliphatic carbocycles. The van der Waals surface area contributed by atoms with E-state index in [1.807, 2.05) is 34.8 Å². The lowest BCUT2D eigenvalue weighted by Gasteiger charge is -2.26. The molecular weight excluding hydrogens is 909 g/mol. The van der Waals surface area contributed by atoms with Crippen molar-refractivity contribution in [1.82, 2.24) is 9.13 Å². The molecule has 0 unspecified atom stereocenters. The second-order valence-corrected chi connectivity index (χ2v) is 21.2. The van der Waals surface area contributed by atoms with Crippen molar-refractivity contribution in [3.63, 3.8) is 0 Å². The fourth-order valence-corrected chi connectivity index (χ4v) is 15.3. The summed E-state index contributed by atoms with van der Waals surface area (Å²) in [5, 5.41) is 23.8. The van der Waals surface area contributed by atoms with Gasteiger partial charge < -0.3 is 9.13 Å². The molecule has 10 aromatic carbocycles. The van der Waals surface area contributed by atoms with Gasteiger partial charge in [0.15, 0.2) is 0 Å². The van der Waals surface area contributed by atoms with Gasteiger partial charge in [-0.3, -0.25) is 0 Å². The topological polar surface area (TPSA) is 38.0 Å². The van der Waals surface area contributed by atoms with E-state index in [0.717, 1.165) is 91.3 Å². The fourth-order valence-electron chi connectivity index (χ4n) is 11.6. The fraction of sp³-hybridized carbons (Fsp3) is 0.0159. The molecule has 0 aliphatic heterocycles. The van der Waals surface area contributed by atoms with Crippen LogP contribution in [0.2, 0.25) is 0 Å². The third kappa shape index (κ3) is 5.21. The number of hydrogen-bond donors (Lipinski definition) is 0. The first-order valence-electron chi connectivity index (χ1n) is 23.3. The number of thiophene rings is 3. The molecule has 4 nitrogen and oxygen atoms in total. The van der Waals surface area contributed by atoms with E-state index in [1.54, 1.807) is 11.3 Å². The van der Waals surface area contributed by atoms with Crippen molar-refractivity contribution >= 4 is 144 Å². The van der Waals surface area contributed by atoms with Gasteiger partial charge in [0.25, 0.3) is 0 Å². The molecule has 70 heavy (non-hydrogen) atoms. The molecule has 0 aliphatic rings. The third-order valence-electron chi connectivity index (χ3n) is 14.5. The zero-order valence-corrected chi connectivity index (χ0v) is 39.9. The normalized spacial score (nSPS) is 12.0. The monoisotopic (exact) mass is 942 g/mol. The maximum absolute atomic E-state index is 12.2. The van der Waals surface area contributed by atoms with Crippen LogP contribution in [0.3, 0.4) is 0 Å². The second kappa shape index (κ2) is 14.7. The SMILES string of the molecule is [C-]#[N+]c1c(-c2ccccc2C)c(C#N)c(-n2c3ccccc3c3ccc4c5ccccc5sc4c32)c(-c2ccccc2)c1-n1c2c(ccc3c4ccccc4sc32)c2ccc3c4ccccc4sc3c21. The molecule has 0 radical (unpaired) electrons. The Labute approximate surface area is 412 Å².